The van der Waals surface area contributed by atoms with E-state index >= 15 is 0 Å². The summed E-state index contributed by atoms with van der Waals surface area (Å²) in [6.45, 7) is 0. The normalized spacial score (nSPS) is 14.9. The van der Waals surface area contributed by atoms with Gasteiger partial charge in [-0.2, -0.15) is 5.06 Å². The molecule has 0 heterocycles. The molecule has 44 valence electrons. The molecule has 0 bridgehead atoms. The molecule has 0 aromatic rings. The fourth-order valence-electron chi connectivity index (χ4n) is 0.156. The second-order valence-corrected chi connectivity index (χ2v) is 1.88. The van der Waals surface area contributed by atoms with Crippen LogP contribution in [-0.4, -0.2) is 24.1 Å². The zero-order valence-corrected chi connectivity index (χ0v) is 5.21. The Morgan fingerprint density at radius 2 is 2.14 bits per heavy atom. The molecule has 0 aromatic carbocycles. The van der Waals surface area contributed by atoms with E-state index in [4.69, 9.17) is 4.89 Å². The summed E-state index contributed by atoms with van der Waals surface area (Å²) in [5, 5.41) is 1.18. The van der Waals surface area contributed by atoms with Crippen molar-refractivity contribution in [2.45, 2.75) is 0 Å². The Kier molecular flexibility index (Phi) is 3.21. The lowest BCUT2D eigenvalue weighted by molar-refractivity contribution is -0.00575. The highest BCUT2D eigenvalue weighted by Crippen LogP contribution is 2.13. The van der Waals surface area contributed by atoms with Gasteiger partial charge in [0, 0.05) is 14.1 Å². The van der Waals surface area contributed by atoms with Crippen LogP contribution < -0.4 is 0 Å². The molecule has 1 atom stereocenters. The minimum absolute atomic E-state index is 1.18. The van der Waals surface area contributed by atoms with Crippen molar-refractivity contribution in [2.75, 3.05) is 14.1 Å². The second-order valence-electron chi connectivity index (χ2n) is 1.17. The molecule has 0 saturated carbocycles. The molecule has 0 amide bonds. The van der Waals surface area contributed by atoms with Crippen molar-refractivity contribution in [1.82, 2.24) is 5.06 Å². The maximum absolute atomic E-state index is 9.73. The van der Waals surface area contributed by atoms with Crippen LogP contribution in [0.3, 0.4) is 0 Å². The first-order chi connectivity index (χ1) is 3.13. The summed E-state index contributed by atoms with van der Waals surface area (Å²) < 4.78 is 13.9. The first kappa shape index (κ1) is 7.11. The van der Waals surface area contributed by atoms with Gasteiger partial charge in [-0.1, -0.05) is 0 Å². The summed E-state index contributed by atoms with van der Waals surface area (Å²) in [6.07, 6.45) is 0. The van der Waals surface area contributed by atoms with Gasteiger partial charge in [-0.15, -0.1) is 0 Å². The van der Waals surface area contributed by atoms with Gasteiger partial charge < -0.3 is 4.89 Å². The Hall–Kier alpha value is 0.110. The SMILES string of the molecule is CN(C)O[PH](=O)O. The molecule has 0 rings (SSSR count). The Morgan fingerprint density at radius 1 is 1.71 bits per heavy atom. The predicted octanol–water partition coefficient (Wildman–Crippen LogP) is -0.138. The molecule has 4 nitrogen and oxygen atoms in total. The molecule has 0 aliphatic carbocycles. The molecule has 7 heavy (non-hydrogen) atoms. The van der Waals surface area contributed by atoms with E-state index in [0.717, 1.165) is 0 Å². The third-order valence-electron chi connectivity index (χ3n) is 0.261. The lowest BCUT2D eigenvalue weighted by atomic mass is 11.2. The zero-order valence-electron chi connectivity index (χ0n) is 4.21. The zero-order chi connectivity index (χ0) is 5.86. The van der Waals surface area contributed by atoms with Crippen molar-refractivity contribution in [3.8, 4) is 0 Å². The summed E-state index contributed by atoms with van der Waals surface area (Å²) in [5.41, 5.74) is 0. The van der Waals surface area contributed by atoms with Crippen LogP contribution in [0.4, 0.5) is 0 Å². The van der Waals surface area contributed by atoms with Crippen LogP contribution in [0.25, 0.3) is 0 Å². The van der Waals surface area contributed by atoms with E-state index in [9.17, 15) is 4.57 Å². The van der Waals surface area contributed by atoms with Crippen LogP contribution in [0.15, 0.2) is 0 Å². The number of nitrogens with zero attached hydrogens (tertiary/aromatic N) is 1. The van der Waals surface area contributed by atoms with Crippen molar-refractivity contribution in [1.29, 1.82) is 0 Å². The Morgan fingerprint density at radius 3 is 2.14 bits per heavy atom. The molecule has 0 aromatic heterocycles. The van der Waals surface area contributed by atoms with Gasteiger partial charge in [-0.3, -0.25) is 4.57 Å². The molecule has 0 fully saturated rings. The van der Waals surface area contributed by atoms with Crippen molar-refractivity contribution in [3.05, 3.63) is 0 Å². The number of hydroxylamine groups is 2. The van der Waals surface area contributed by atoms with E-state index < -0.39 is 8.25 Å². The van der Waals surface area contributed by atoms with Gasteiger partial charge in [0.05, 0.1) is 0 Å². The summed E-state index contributed by atoms with van der Waals surface area (Å²) in [7, 11) is 0.323. The first-order valence-electron chi connectivity index (χ1n) is 1.71. The van der Waals surface area contributed by atoms with Crippen LogP contribution >= 0.6 is 8.25 Å². The molecule has 0 saturated heterocycles. The van der Waals surface area contributed by atoms with Gasteiger partial charge in [0.25, 0.3) is 0 Å². The number of rotatable bonds is 2. The highest BCUT2D eigenvalue weighted by Gasteiger charge is 1.90. The van der Waals surface area contributed by atoms with Gasteiger partial charge in [0.1, 0.15) is 0 Å². The number of hydrogen-bond donors (Lipinski definition) is 1. The highest BCUT2D eigenvalue weighted by atomic mass is 31.1. The molecular formula is C2H8NO3P. The van der Waals surface area contributed by atoms with Crippen LogP contribution in [0.1, 0.15) is 0 Å². The molecule has 0 aliphatic heterocycles. The summed E-state index contributed by atoms with van der Waals surface area (Å²) in [5.74, 6) is 0. The van der Waals surface area contributed by atoms with E-state index in [1.165, 1.54) is 5.06 Å². The topological polar surface area (TPSA) is 49.8 Å². The van der Waals surface area contributed by atoms with Gasteiger partial charge >= 0.3 is 8.25 Å². The predicted molar refractivity (Wildman–Crippen MR) is 26.0 cm³/mol. The van der Waals surface area contributed by atoms with E-state index in [1.54, 1.807) is 14.1 Å². The molecule has 0 spiro atoms. The number of hydrogen-bond acceptors (Lipinski definition) is 3. The highest BCUT2D eigenvalue weighted by molar-refractivity contribution is 7.32. The molecule has 1 unspecified atom stereocenters. The Balaban J connectivity index is 3.13. The summed E-state index contributed by atoms with van der Waals surface area (Å²) in [4.78, 5) is 8.01. The van der Waals surface area contributed by atoms with E-state index in [-0.39, 0.29) is 0 Å². The van der Waals surface area contributed by atoms with Crippen LogP contribution in [0.2, 0.25) is 0 Å². The van der Waals surface area contributed by atoms with Crippen LogP contribution in [0, 0.1) is 0 Å². The molecule has 0 aliphatic rings. The minimum Gasteiger partial charge on any atom is -0.325 e. The quantitative estimate of drug-likeness (QED) is 0.412. The fraction of sp³-hybridized carbons (Fsp3) is 1.00. The first-order valence-corrected chi connectivity index (χ1v) is 2.97. The van der Waals surface area contributed by atoms with Crippen LogP contribution in [0.5, 0.6) is 0 Å². The lowest BCUT2D eigenvalue weighted by Gasteiger charge is -2.03. The summed E-state index contributed by atoms with van der Waals surface area (Å²) >= 11 is 0. The fourth-order valence-corrected chi connectivity index (χ4v) is 0.469. The second kappa shape index (κ2) is 3.16. The van der Waals surface area contributed by atoms with E-state index in [2.05, 4.69) is 4.62 Å². The monoisotopic (exact) mass is 125 g/mol. The van der Waals surface area contributed by atoms with Gasteiger partial charge in [0.15, 0.2) is 0 Å². The molecular weight excluding hydrogens is 117 g/mol. The smallest absolute Gasteiger partial charge is 0.325 e. The third kappa shape index (κ3) is 6.11. The maximum Gasteiger partial charge on any atom is 0.333 e. The largest absolute Gasteiger partial charge is 0.333 e. The third-order valence-corrected chi connectivity index (χ3v) is 0.782. The molecule has 1 N–H and O–H groups in total. The average Bonchev–Trinajstić information content (AvgIpc) is 1.27. The Bertz CT molecular complexity index is 73.3. The van der Waals surface area contributed by atoms with Crippen molar-refractivity contribution in [2.24, 2.45) is 0 Å². The average molecular weight is 125 g/mol. The molecule has 5 heteroatoms. The minimum atomic E-state index is -2.76. The van der Waals surface area contributed by atoms with Crippen LogP contribution in [-0.2, 0) is 9.19 Å². The Labute approximate surface area is 42.6 Å². The van der Waals surface area contributed by atoms with Crippen molar-refractivity contribution < 1.29 is 14.1 Å². The lowest BCUT2D eigenvalue weighted by Crippen LogP contribution is -2.06. The molecule has 0 radical (unpaired) electrons. The van der Waals surface area contributed by atoms with E-state index in [0.29, 0.717) is 0 Å². The summed E-state index contributed by atoms with van der Waals surface area (Å²) in [6, 6.07) is 0. The van der Waals surface area contributed by atoms with Gasteiger partial charge in [0.2, 0.25) is 0 Å². The van der Waals surface area contributed by atoms with Crippen molar-refractivity contribution >= 4 is 8.25 Å². The van der Waals surface area contributed by atoms with Gasteiger partial charge in [-0.05, 0) is 0 Å². The maximum atomic E-state index is 9.73. The standard InChI is InChI=1S/C2H8NO3P/c1-3(2)6-7(4)5/h7H,1-2H3,(H,4,5). The van der Waals surface area contributed by atoms with Gasteiger partial charge in [-0.25, -0.2) is 4.62 Å². The van der Waals surface area contributed by atoms with E-state index in [1.807, 2.05) is 0 Å². The van der Waals surface area contributed by atoms with Crippen molar-refractivity contribution in [3.63, 3.8) is 0 Å².